The van der Waals surface area contributed by atoms with Crippen molar-refractivity contribution in [3.05, 3.63) is 35.9 Å². The maximum atomic E-state index is 3.52. The van der Waals surface area contributed by atoms with Crippen LogP contribution < -0.4 is 5.32 Å². The molecule has 2 unspecified atom stereocenters. The summed E-state index contributed by atoms with van der Waals surface area (Å²) in [5.74, 6) is 0. The van der Waals surface area contributed by atoms with Gasteiger partial charge >= 0.3 is 0 Å². The Morgan fingerprint density at radius 2 is 1.83 bits per heavy atom. The van der Waals surface area contributed by atoms with Gasteiger partial charge in [-0.3, -0.25) is 4.90 Å². The van der Waals surface area contributed by atoms with E-state index in [0.29, 0.717) is 12.1 Å². The lowest BCUT2D eigenvalue weighted by Gasteiger charge is -2.33. The summed E-state index contributed by atoms with van der Waals surface area (Å²) in [5.41, 5.74) is 1.42. The second kappa shape index (κ2) is 6.91. The van der Waals surface area contributed by atoms with Crippen LogP contribution in [-0.2, 0) is 6.54 Å². The summed E-state index contributed by atoms with van der Waals surface area (Å²) in [7, 11) is 4.38. The highest BCUT2D eigenvalue weighted by atomic mass is 15.2. The molecular weight excluding hydrogens is 220 g/mol. The van der Waals surface area contributed by atoms with Crippen LogP contribution in [0.15, 0.2) is 30.3 Å². The van der Waals surface area contributed by atoms with Crippen molar-refractivity contribution in [3.8, 4) is 0 Å². The largest absolute Gasteiger partial charge is 0.315 e. The highest BCUT2D eigenvalue weighted by molar-refractivity contribution is 5.14. The molecule has 100 valence electrons. The lowest BCUT2D eigenvalue weighted by molar-refractivity contribution is 0.179. The van der Waals surface area contributed by atoms with Gasteiger partial charge in [-0.15, -0.1) is 0 Å². The van der Waals surface area contributed by atoms with Gasteiger partial charge in [0.25, 0.3) is 0 Å². The van der Waals surface area contributed by atoms with E-state index in [1.165, 1.54) is 37.7 Å². The average molecular weight is 246 g/mol. The summed E-state index contributed by atoms with van der Waals surface area (Å²) in [6, 6.07) is 12.1. The molecule has 1 aliphatic carbocycles. The van der Waals surface area contributed by atoms with Crippen molar-refractivity contribution in [1.82, 2.24) is 10.2 Å². The fraction of sp³-hybridized carbons (Fsp3) is 0.625. The molecule has 1 fully saturated rings. The Labute approximate surface area is 111 Å². The number of likely N-dealkylation sites (N-methyl/N-ethyl adjacent to an activating group) is 2. The third-order valence-corrected chi connectivity index (χ3v) is 4.19. The molecule has 0 saturated heterocycles. The lowest BCUT2D eigenvalue weighted by atomic mass is 10.0. The Balaban J connectivity index is 1.99. The van der Waals surface area contributed by atoms with Crippen LogP contribution in [0.25, 0.3) is 0 Å². The van der Waals surface area contributed by atoms with E-state index < -0.39 is 0 Å². The van der Waals surface area contributed by atoms with Crippen LogP contribution in [0.2, 0.25) is 0 Å². The zero-order valence-corrected chi connectivity index (χ0v) is 11.7. The molecule has 2 heteroatoms. The Morgan fingerprint density at radius 3 is 2.56 bits per heavy atom. The quantitative estimate of drug-likeness (QED) is 0.822. The van der Waals surface area contributed by atoms with E-state index in [4.69, 9.17) is 0 Å². The van der Waals surface area contributed by atoms with Crippen molar-refractivity contribution in [2.24, 2.45) is 0 Å². The van der Waals surface area contributed by atoms with E-state index in [0.717, 1.165) is 6.54 Å². The number of benzene rings is 1. The molecule has 0 radical (unpaired) electrons. The monoisotopic (exact) mass is 246 g/mol. The van der Waals surface area contributed by atoms with Crippen LogP contribution in [0.4, 0.5) is 0 Å². The fourth-order valence-electron chi connectivity index (χ4n) is 3.14. The SMILES string of the molecule is CNC1CCCCCC1N(C)Cc1ccccc1. The second-order valence-electron chi connectivity index (χ2n) is 5.50. The average Bonchev–Trinajstić information content (AvgIpc) is 2.64. The number of hydrogen-bond donors (Lipinski definition) is 1. The van der Waals surface area contributed by atoms with Gasteiger partial charge in [0.15, 0.2) is 0 Å². The summed E-state index contributed by atoms with van der Waals surface area (Å²) < 4.78 is 0. The minimum atomic E-state index is 0.654. The molecule has 18 heavy (non-hydrogen) atoms. The molecular formula is C16H26N2. The zero-order valence-electron chi connectivity index (χ0n) is 11.7. The molecule has 0 bridgehead atoms. The number of nitrogens with one attached hydrogen (secondary N) is 1. The minimum Gasteiger partial charge on any atom is -0.315 e. The Hall–Kier alpha value is -0.860. The van der Waals surface area contributed by atoms with Crippen molar-refractivity contribution in [1.29, 1.82) is 0 Å². The Bertz CT molecular complexity index is 336. The van der Waals surface area contributed by atoms with E-state index in [2.05, 4.69) is 54.6 Å². The molecule has 1 aliphatic rings. The van der Waals surface area contributed by atoms with Gasteiger partial charge < -0.3 is 5.32 Å². The first-order valence-electron chi connectivity index (χ1n) is 7.22. The van der Waals surface area contributed by atoms with Gasteiger partial charge in [0.05, 0.1) is 0 Å². The molecule has 0 aromatic heterocycles. The highest BCUT2D eigenvalue weighted by Crippen LogP contribution is 2.22. The summed E-state index contributed by atoms with van der Waals surface area (Å²) in [6.45, 7) is 1.06. The fourth-order valence-corrected chi connectivity index (χ4v) is 3.14. The van der Waals surface area contributed by atoms with Crippen molar-refractivity contribution < 1.29 is 0 Å². The number of nitrogens with zero attached hydrogens (tertiary/aromatic N) is 1. The normalized spacial score (nSPS) is 25.1. The van der Waals surface area contributed by atoms with Crippen molar-refractivity contribution in [3.63, 3.8) is 0 Å². The van der Waals surface area contributed by atoms with E-state index in [-0.39, 0.29) is 0 Å². The summed E-state index contributed by atoms with van der Waals surface area (Å²) in [6.07, 6.45) is 6.80. The van der Waals surface area contributed by atoms with Crippen molar-refractivity contribution in [2.75, 3.05) is 14.1 Å². The molecule has 1 N–H and O–H groups in total. The van der Waals surface area contributed by atoms with E-state index in [1.807, 2.05) is 0 Å². The van der Waals surface area contributed by atoms with Gasteiger partial charge in [-0.25, -0.2) is 0 Å². The molecule has 2 atom stereocenters. The predicted molar refractivity (Wildman–Crippen MR) is 77.6 cm³/mol. The maximum Gasteiger partial charge on any atom is 0.0249 e. The minimum absolute atomic E-state index is 0.654. The molecule has 0 aliphatic heterocycles. The second-order valence-corrected chi connectivity index (χ2v) is 5.50. The van der Waals surface area contributed by atoms with Crippen molar-refractivity contribution >= 4 is 0 Å². The molecule has 1 aromatic carbocycles. The standard InChI is InChI=1S/C16H26N2/c1-17-15-11-7-4-8-12-16(15)18(2)13-14-9-5-3-6-10-14/h3,5-6,9-10,15-17H,4,7-8,11-13H2,1-2H3. The number of rotatable bonds is 4. The summed E-state index contributed by atoms with van der Waals surface area (Å²) >= 11 is 0. The van der Waals surface area contributed by atoms with Crippen LogP contribution in [0, 0.1) is 0 Å². The first-order valence-corrected chi connectivity index (χ1v) is 7.22. The van der Waals surface area contributed by atoms with Crippen molar-refractivity contribution in [2.45, 2.75) is 50.7 Å². The third-order valence-electron chi connectivity index (χ3n) is 4.19. The van der Waals surface area contributed by atoms with E-state index >= 15 is 0 Å². The van der Waals surface area contributed by atoms with Crippen LogP contribution in [0.3, 0.4) is 0 Å². The summed E-state index contributed by atoms with van der Waals surface area (Å²) in [5, 5.41) is 3.52. The topological polar surface area (TPSA) is 15.3 Å². The molecule has 0 amide bonds. The van der Waals surface area contributed by atoms with Gasteiger partial charge in [0.2, 0.25) is 0 Å². The lowest BCUT2D eigenvalue weighted by Crippen LogP contribution is -2.46. The van der Waals surface area contributed by atoms with Gasteiger partial charge in [-0.1, -0.05) is 49.6 Å². The van der Waals surface area contributed by atoms with Crippen LogP contribution in [0.5, 0.6) is 0 Å². The van der Waals surface area contributed by atoms with Crippen LogP contribution in [-0.4, -0.2) is 31.1 Å². The van der Waals surface area contributed by atoms with Gasteiger partial charge in [-0.05, 0) is 32.5 Å². The van der Waals surface area contributed by atoms with Gasteiger partial charge in [-0.2, -0.15) is 0 Å². The molecule has 2 nitrogen and oxygen atoms in total. The first kappa shape index (κ1) is 13.6. The molecule has 1 saturated carbocycles. The van der Waals surface area contributed by atoms with E-state index in [1.54, 1.807) is 0 Å². The maximum absolute atomic E-state index is 3.52. The molecule has 0 heterocycles. The highest BCUT2D eigenvalue weighted by Gasteiger charge is 2.25. The van der Waals surface area contributed by atoms with E-state index in [9.17, 15) is 0 Å². The molecule has 2 rings (SSSR count). The van der Waals surface area contributed by atoms with Crippen LogP contribution in [0.1, 0.15) is 37.7 Å². The predicted octanol–water partition coefficient (Wildman–Crippen LogP) is 3.04. The molecule has 0 spiro atoms. The molecule has 1 aromatic rings. The zero-order chi connectivity index (χ0) is 12.8. The smallest absolute Gasteiger partial charge is 0.0249 e. The first-order chi connectivity index (χ1) is 8.81. The Kier molecular flexibility index (Phi) is 5.21. The Morgan fingerprint density at radius 1 is 1.11 bits per heavy atom. The summed E-state index contributed by atoms with van der Waals surface area (Å²) in [4.78, 5) is 2.53. The number of hydrogen-bond acceptors (Lipinski definition) is 2. The van der Waals surface area contributed by atoms with Crippen LogP contribution >= 0.6 is 0 Å². The third kappa shape index (κ3) is 3.56. The van der Waals surface area contributed by atoms with Gasteiger partial charge in [0.1, 0.15) is 0 Å². The van der Waals surface area contributed by atoms with Gasteiger partial charge in [0, 0.05) is 18.6 Å².